The van der Waals surface area contributed by atoms with Crippen molar-refractivity contribution in [2.24, 2.45) is 23.7 Å². The monoisotopic (exact) mass is 498 g/mol. The zero-order valence-corrected chi connectivity index (χ0v) is 21.4. The Kier molecular flexibility index (Phi) is 9.12. The number of ether oxygens (including phenoxy) is 1. The van der Waals surface area contributed by atoms with Gasteiger partial charge in [0.05, 0.1) is 0 Å². The minimum Gasteiger partial charge on any atom is -0.444 e. The molecule has 178 valence electrons. The average Bonchev–Trinajstić information content (AvgIpc) is 2.73. The molecule has 31 heavy (non-hydrogen) atoms. The molecule has 0 radical (unpaired) electrons. The third kappa shape index (κ3) is 8.25. The number of nitrogens with zero attached hydrogens (tertiary/aromatic N) is 1. The van der Waals surface area contributed by atoms with Crippen LogP contribution in [-0.2, 0) is 9.53 Å². The maximum Gasteiger partial charge on any atom is 0.407 e. The van der Waals surface area contributed by atoms with Gasteiger partial charge < -0.3 is 15.0 Å². The van der Waals surface area contributed by atoms with E-state index < -0.39 is 5.60 Å². The molecule has 1 heterocycles. The summed E-state index contributed by atoms with van der Waals surface area (Å²) in [6.07, 6.45) is 12.5. The highest BCUT2D eigenvalue weighted by Gasteiger charge is 2.33. The van der Waals surface area contributed by atoms with Gasteiger partial charge in [-0.1, -0.05) is 28.8 Å². The van der Waals surface area contributed by atoms with E-state index in [4.69, 9.17) is 4.74 Å². The number of piperidine rings is 1. The summed E-state index contributed by atoms with van der Waals surface area (Å²) >= 11 is 3.71. The van der Waals surface area contributed by atoms with Gasteiger partial charge in [-0.25, -0.2) is 4.79 Å². The van der Waals surface area contributed by atoms with E-state index in [1.54, 1.807) is 0 Å². The van der Waals surface area contributed by atoms with Crippen molar-refractivity contribution in [2.75, 3.05) is 19.6 Å². The Bertz CT molecular complexity index is 590. The minimum atomic E-state index is -0.447. The summed E-state index contributed by atoms with van der Waals surface area (Å²) in [5.41, 5.74) is -0.447. The first-order chi connectivity index (χ1) is 14.7. The lowest BCUT2D eigenvalue weighted by atomic mass is 9.72. The van der Waals surface area contributed by atoms with Crippen LogP contribution in [0.2, 0.25) is 0 Å². The zero-order chi connectivity index (χ0) is 22.4. The molecule has 1 saturated heterocycles. The molecule has 5 nitrogen and oxygen atoms in total. The largest absolute Gasteiger partial charge is 0.444 e. The Morgan fingerprint density at radius 1 is 0.935 bits per heavy atom. The topological polar surface area (TPSA) is 58.6 Å². The smallest absolute Gasteiger partial charge is 0.407 e. The van der Waals surface area contributed by atoms with Gasteiger partial charge in [0.25, 0.3) is 0 Å². The molecule has 3 rings (SSSR count). The quantitative estimate of drug-likeness (QED) is 0.479. The SMILES string of the molecule is CC(C)(C)OC(=O)NCC1CCCC(C2CCN(C(=O)CC3CCC(Br)CC3)CC2)C1. The van der Waals surface area contributed by atoms with Crippen molar-refractivity contribution in [3.63, 3.8) is 0 Å². The zero-order valence-electron chi connectivity index (χ0n) is 19.8. The lowest BCUT2D eigenvalue weighted by molar-refractivity contribution is -0.134. The normalized spacial score (nSPS) is 30.6. The highest BCUT2D eigenvalue weighted by atomic mass is 79.9. The standard InChI is InChI=1S/C25H43BrN2O3/c1-25(2,3)31-24(30)27-17-19-5-4-6-21(15-19)20-11-13-28(14-12-20)23(29)16-18-7-9-22(26)10-8-18/h18-22H,4-17H2,1-3H3,(H,27,30). The third-order valence-electron chi connectivity index (χ3n) is 7.56. The lowest BCUT2D eigenvalue weighted by Gasteiger charge is -2.40. The van der Waals surface area contributed by atoms with Crippen LogP contribution < -0.4 is 5.32 Å². The summed E-state index contributed by atoms with van der Waals surface area (Å²) in [6.45, 7) is 8.29. The molecule has 2 unspecified atom stereocenters. The molecule has 1 aliphatic heterocycles. The summed E-state index contributed by atoms with van der Waals surface area (Å²) in [5, 5.41) is 2.98. The number of nitrogens with one attached hydrogen (secondary N) is 1. The second-order valence-corrected chi connectivity index (χ2v) is 12.5. The first-order valence-electron chi connectivity index (χ1n) is 12.6. The number of amides is 2. The first kappa shape index (κ1) is 24.9. The fourth-order valence-electron chi connectivity index (χ4n) is 5.81. The maximum absolute atomic E-state index is 12.8. The van der Waals surface area contributed by atoms with E-state index in [0.717, 1.165) is 50.7 Å². The Hall–Kier alpha value is -0.780. The van der Waals surface area contributed by atoms with E-state index in [-0.39, 0.29) is 6.09 Å². The second kappa shape index (κ2) is 11.4. The molecule has 0 aromatic heterocycles. The van der Waals surface area contributed by atoms with Crippen LogP contribution in [0.5, 0.6) is 0 Å². The summed E-state index contributed by atoms with van der Waals surface area (Å²) < 4.78 is 5.38. The Labute approximate surface area is 197 Å². The van der Waals surface area contributed by atoms with Gasteiger partial charge >= 0.3 is 6.09 Å². The highest BCUT2D eigenvalue weighted by molar-refractivity contribution is 9.09. The van der Waals surface area contributed by atoms with E-state index in [9.17, 15) is 9.59 Å². The van der Waals surface area contributed by atoms with Crippen molar-refractivity contribution in [1.82, 2.24) is 10.2 Å². The highest BCUT2D eigenvalue weighted by Crippen LogP contribution is 2.38. The molecule has 0 aromatic carbocycles. The van der Waals surface area contributed by atoms with Crippen LogP contribution in [0.4, 0.5) is 4.79 Å². The van der Waals surface area contributed by atoms with E-state index >= 15 is 0 Å². The molecule has 2 amide bonds. The van der Waals surface area contributed by atoms with Crippen LogP contribution in [0.1, 0.15) is 91.4 Å². The number of alkyl carbamates (subject to hydrolysis) is 1. The van der Waals surface area contributed by atoms with Crippen LogP contribution in [0.25, 0.3) is 0 Å². The minimum absolute atomic E-state index is 0.300. The average molecular weight is 500 g/mol. The summed E-state index contributed by atoms with van der Waals surface area (Å²) in [5.74, 6) is 3.01. The molecule has 1 N–H and O–H groups in total. The van der Waals surface area contributed by atoms with Crippen molar-refractivity contribution in [3.8, 4) is 0 Å². The molecule has 0 aromatic rings. The summed E-state index contributed by atoms with van der Waals surface area (Å²) in [4.78, 5) is 27.6. The van der Waals surface area contributed by atoms with Gasteiger partial charge in [-0.15, -0.1) is 0 Å². The molecule has 6 heteroatoms. The number of halogens is 1. The van der Waals surface area contributed by atoms with E-state index in [0.29, 0.717) is 22.6 Å². The summed E-state index contributed by atoms with van der Waals surface area (Å²) in [7, 11) is 0. The number of carbonyl (C=O) groups excluding carboxylic acids is 2. The fraction of sp³-hybridized carbons (Fsp3) is 0.920. The Balaban J connectivity index is 1.37. The van der Waals surface area contributed by atoms with Crippen LogP contribution >= 0.6 is 15.9 Å². The molecule has 2 saturated carbocycles. The molecule has 2 aliphatic carbocycles. The van der Waals surface area contributed by atoms with Crippen molar-refractivity contribution in [1.29, 1.82) is 0 Å². The van der Waals surface area contributed by atoms with Crippen molar-refractivity contribution in [2.45, 2.75) is 102 Å². The van der Waals surface area contributed by atoms with E-state index in [1.807, 2.05) is 20.8 Å². The van der Waals surface area contributed by atoms with Crippen molar-refractivity contribution < 1.29 is 14.3 Å². The molecule has 3 fully saturated rings. The third-order valence-corrected chi connectivity index (χ3v) is 8.47. The molecule has 0 bridgehead atoms. The van der Waals surface area contributed by atoms with Crippen LogP contribution in [0.15, 0.2) is 0 Å². The Morgan fingerprint density at radius 2 is 1.61 bits per heavy atom. The van der Waals surface area contributed by atoms with Crippen molar-refractivity contribution in [3.05, 3.63) is 0 Å². The maximum atomic E-state index is 12.8. The molecule has 3 aliphatic rings. The van der Waals surface area contributed by atoms with Gasteiger partial charge in [0.15, 0.2) is 0 Å². The van der Waals surface area contributed by atoms with Crippen LogP contribution in [-0.4, -0.2) is 47.0 Å². The lowest BCUT2D eigenvalue weighted by Crippen LogP contribution is -2.42. The van der Waals surface area contributed by atoms with Crippen LogP contribution in [0.3, 0.4) is 0 Å². The van der Waals surface area contributed by atoms with Gasteiger partial charge in [-0.2, -0.15) is 0 Å². The molecular weight excluding hydrogens is 456 g/mol. The van der Waals surface area contributed by atoms with Gasteiger partial charge in [-0.3, -0.25) is 4.79 Å². The number of alkyl halides is 1. The molecular formula is C25H43BrN2O3. The van der Waals surface area contributed by atoms with Gasteiger partial charge in [0.2, 0.25) is 5.91 Å². The van der Waals surface area contributed by atoms with E-state index in [2.05, 4.69) is 26.1 Å². The number of rotatable bonds is 5. The first-order valence-corrected chi connectivity index (χ1v) is 13.5. The number of likely N-dealkylation sites (tertiary alicyclic amines) is 1. The number of hydrogen-bond donors (Lipinski definition) is 1. The predicted octanol–water partition coefficient (Wildman–Crippen LogP) is 5.90. The fourth-order valence-corrected chi connectivity index (χ4v) is 6.34. The van der Waals surface area contributed by atoms with E-state index in [1.165, 1.54) is 51.4 Å². The van der Waals surface area contributed by atoms with Crippen molar-refractivity contribution >= 4 is 27.9 Å². The van der Waals surface area contributed by atoms with Gasteiger partial charge in [0, 0.05) is 30.9 Å². The summed E-state index contributed by atoms with van der Waals surface area (Å²) in [6, 6.07) is 0. The van der Waals surface area contributed by atoms with Crippen LogP contribution in [0, 0.1) is 23.7 Å². The molecule has 0 spiro atoms. The van der Waals surface area contributed by atoms with Gasteiger partial charge in [-0.05, 0) is 95.8 Å². The Morgan fingerprint density at radius 3 is 2.26 bits per heavy atom. The molecule has 2 atom stereocenters. The van der Waals surface area contributed by atoms with Gasteiger partial charge in [0.1, 0.15) is 5.60 Å². The second-order valence-electron chi connectivity index (χ2n) is 11.2. The number of hydrogen-bond acceptors (Lipinski definition) is 3. The number of carbonyl (C=O) groups is 2. The predicted molar refractivity (Wildman–Crippen MR) is 128 cm³/mol.